The summed E-state index contributed by atoms with van der Waals surface area (Å²) >= 11 is 0. The van der Waals surface area contributed by atoms with Crippen molar-refractivity contribution < 1.29 is 13.2 Å². The van der Waals surface area contributed by atoms with Gasteiger partial charge in [-0.15, -0.1) is 0 Å². The van der Waals surface area contributed by atoms with Crippen LogP contribution in [0.1, 0.15) is 41.6 Å². The number of para-hydroxylation sites is 1. The van der Waals surface area contributed by atoms with Crippen molar-refractivity contribution in [3.05, 3.63) is 65.7 Å². The maximum Gasteiger partial charge on any atom is 0.253 e. The molecule has 0 heterocycles. The fraction of sp³-hybridized carbons (Fsp3) is 0.409. The van der Waals surface area contributed by atoms with Crippen LogP contribution in [0, 0.1) is 11.8 Å². The van der Waals surface area contributed by atoms with E-state index in [-0.39, 0.29) is 18.5 Å². The molecule has 0 radical (unpaired) electrons. The predicted molar refractivity (Wildman–Crippen MR) is 111 cm³/mol. The highest BCUT2D eigenvalue weighted by atomic mass is 32.2. The second-order valence-corrected chi connectivity index (χ2v) is 9.93. The molecule has 2 fully saturated rings. The van der Waals surface area contributed by atoms with Gasteiger partial charge in [-0.1, -0.05) is 48.9 Å². The first-order valence-electron chi connectivity index (χ1n) is 9.83. The lowest BCUT2D eigenvalue weighted by Crippen LogP contribution is -2.39. The molecule has 5 nitrogen and oxygen atoms in total. The summed E-state index contributed by atoms with van der Waals surface area (Å²) in [4.78, 5) is 13.0. The molecule has 2 aromatic rings. The zero-order valence-electron chi connectivity index (χ0n) is 16.0. The number of hydrogen-bond donors (Lipinski definition) is 1. The smallest absolute Gasteiger partial charge is 0.253 e. The molecule has 2 aliphatic rings. The third-order valence-corrected chi connectivity index (χ3v) is 7.17. The highest BCUT2D eigenvalue weighted by molar-refractivity contribution is 7.92. The summed E-state index contributed by atoms with van der Waals surface area (Å²) in [5.74, 6) is 1.11. The van der Waals surface area contributed by atoms with E-state index in [9.17, 15) is 13.2 Å². The Kier molecular flexibility index (Phi) is 5.15. The van der Waals surface area contributed by atoms with Crippen molar-refractivity contribution in [2.45, 2.75) is 38.3 Å². The van der Waals surface area contributed by atoms with E-state index in [1.165, 1.54) is 29.8 Å². The number of nitrogens with one attached hydrogen (secondary N) is 1. The van der Waals surface area contributed by atoms with Crippen molar-refractivity contribution in [2.75, 3.05) is 10.6 Å². The van der Waals surface area contributed by atoms with E-state index in [2.05, 4.69) is 5.32 Å². The number of sulfonamides is 1. The molecular weight excluding hydrogens is 372 g/mol. The van der Waals surface area contributed by atoms with Crippen molar-refractivity contribution in [1.29, 1.82) is 0 Å². The molecule has 4 rings (SSSR count). The van der Waals surface area contributed by atoms with E-state index in [4.69, 9.17) is 0 Å². The SMILES string of the molecule is CS(=O)(=O)N(Cc1ccccc1)c1ccccc1C(=O)N[C@H]1C[C@@H]2CC[C@H]1C2. The van der Waals surface area contributed by atoms with E-state index < -0.39 is 10.0 Å². The van der Waals surface area contributed by atoms with E-state index >= 15 is 0 Å². The molecule has 6 heteroatoms. The van der Waals surface area contributed by atoms with Crippen LogP contribution in [0.5, 0.6) is 0 Å². The largest absolute Gasteiger partial charge is 0.349 e. The predicted octanol–water partition coefficient (Wildman–Crippen LogP) is 3.57. The summed E-state index contributed by atoms with van der Waals surface area (Å²) in [6.07, 6.45) is 5.88. The van der Waals surface area contributed by atoms with Crippen LogP contribution < -0.4 is 9.62 Å². The third kappa shape index (κ3) is 3.92. The van der Waals surface area contributed by atoms with E-state index in [0.29, 0.717) is 17.2 Å². The summed E-state index contributed by atoms with van der Waals surface area (Å²) < 4.78 is 26.4. The summed E-state index contributed by atoms with van der Waals surface area (Å²) in [5.41, 5.74) is 1.71. The Bertz CT molecular complexity index is 959. The molecule has 0 aromatic heterocycles. The summed E-state index contributed by atoms with van der Waals surface area (Å²) in [6, 6.07) is 16.6. The minimum absolute atomic E-state index is 0.185. The number of rotatable bonds is 6. The second-order valence-electron chi connectivity index (χ2n) is 8.03. The Balaban J connectivity index is 1.62. The lowest BCUT2D eigenvalue weighted by Gasteiger charge is -2.27. The minimum Gasteiger partial charge on any atom is -0.349 e. The van der Waals surface area contributed by atoms with Crippen molar-refractivity contribution in [1.82, 2.24) is 5.32 Å². The van der Waals surface area contributed by atoms with Gasteiger partial charge in [0.25, 0.3) is 5.91 Å². The molecular formula is C22H26N2O3S. The van der Waals surface area contributed by atoms with Crippen LogP contribution in [0.3, 0.4) is 0 Å². The molecule has 148 valence electrons. The van der Waals surface area contributed by atoms with Crippen LogP contribution in [-0.2, 0) is 16.6 Å². The number of amides is 1. The van der Waals surface area contributed by atoms with Gasteiger partial charge in [0.2, 0.25) is 10.0 Å². The highest BCUT2D eigenvalue weighted by Crippen LogP contribution is 2.44. The number of anilines is 1. The number of benzene rings is 2. The molecule has 0 aliphatic heterocycles. The zero-order chi connectivity index (χ0) is 19.7. The number of nitrogens with zero attached hydrogens (tertiary/aromatic N) is 1. The van der Waals surface area contributed by atoms with Gasteiger partial charge in [0.15, 0.2) is 0 Å². The fourth-order valence-electron chi connectivity index (χ4n) is 4.68. The molecule has 2 bridgehead atoms. The maximum absolute atomic E-state index is 13.0. The highest BCUT2D eigenvalue weighted by Gasteiger charge is 2.40. The normalized spacial score (nSPS) is 23.5. The molecule has 1 amide bonds. The molecule has 28 heavy (non-hydrogen) atoms. The van der Waals surface area contributed by atoms with E-state index in [1.807, 2.05) is 30.3 Å². The van der Waals surface area contributed by atoms with Gasteiger partial charge < -0.3 is 5.32 Å². The van der Waals surface area contributed by atoms with Crippen molar-refractivity contribution in [3.63, 3.8) is 0 Å². The van der Waals surface area contributed by atoms with Gasteiger partial charge in [-0.05, 0) is 48.8 Å². The summed E-state index contributed by atoms with van der Waals surface area (Å²) in [5, 5.41) is 3.18. The van der Waals surface area contributed by atoms with Crippen molar-refractivity contribution >= 4 is 21.6 Å². The van der Waals surface area contributed by atoms with Crippen LogP contribution >= 0.6 is 0 Å². The Labute approximate surface area is 166 Å². The molecule has 1 N–H and O–H groups in total. The molecule has 2 aromatic carbocycles. The quantitative estimate of drug-likeness (QED) is 0.809. The van der Waals surface area contributed by atoms with Gasteiger partial charge in [-0.25, -0.2) is 8.42 Å². The van der Waals surface area contributed by atoms with Gasteiger partial charge in [0.1, 0.15) is 0 Å². The van der Waals surface area contributed by atoms with Crippen LogP contribution in [0.4, 0.5) is 5.69 Å². The average Bonchev–Trinajstić information content (AvgIpc) is 3.29. The molecule has 0 saturated heterocycles. The van der Waals surface area contributed by atoms with Crippen LogP contribution in [0.25, 0.3) is 0 Å². The summed E-state index contributed by atoms with van der Waals surface area (Å²) in [6.45, 7) is 0.193. The first kappa shape index (κ1) is 19.0. The van der Waals surface area contributed by atoms with E-state index in [1.54, 1.807) is 24.3 Å². The standard InChI is InChI=1S/C22H26N2O3S/c1-28(26,27)24(15-16-7-3-2-4-8-16)21-10-6-5-9-19(21)22(25)23-20-14-17-11-12-18(20)13-17/h2-10,17-18,20H,11-15H2,1H3,(H,23,25)/t17-,18+,20+/m1/s1. The number of hydrogen-bond acceptors (Lipinski definition) is 3. The van der Waals surface area contributed by atoms with E-state index in [0.717, 1.165) is 17.9 Å². The first-order chi connectivity index (χ1) is 13.4. The number of carbonyl (C=O) groups excluding carboxylic acids is 1. The van der Waals surface area contributed by atoms with Crippen LogP contribution in [0.15, 0.2) is 54.6 Å². The fourth-order valence-corrected chi connectivity index (χ4v) is 5.58. The van der Waals surface area contributed by atoms with Gasteiger partial charge in [-0.2, -0.15) is 0 Å². The molecule has 2 aliphatic carbocycles. The van der Waals surface area contributed by atoms with Crippen LogP contribution in [-0.4, -0.2) is 26.6 Å². The molecule has 3 atom stereocenters. The number of fused-ring (bicyclic) bond motifs is 2. The maximum atomic E-state index is 13.0. The van der Waals surface area contributed by atoms with Gasteiger partial charge in [0, 0.05) is 6.04 Å². The monoisotopic (exact) mass is 398 g/mol. The van der Waals surface area contributed by atoms with Gasteiger partial charge in [-0.3, -0.25) is 9.10 Å². The molecule has 0 unspecified atom stereocenters. The lowest BCUT2D eigenvalue weighted by molar-refractivity contribution is 0.0923. The Morgan fingerprint density at radius 1 is 1.04 bits per heavy atom. The third-order valence-electron chi connectivity index (χ3n) is 6.04. The average molecular weight is 399 g/mol. The van der Waals surface area contributed by atoms with Crippen molar-refractivity contribution in [2.24, 2.45) is 11.8 Å². The Hall–Kier alpha value is -2.34. The number of carbonyl (C=O) groups is 1. The Morgan fingerprint density at radius 2 is 1.75 bits per heavy atom. The second kappa shape index (κ2) is 7.59. The van der Waals surface area contributed by atoms with Crippen molar-refractivity contribution in [3.8, 4) is 0 Å². The zero-order valence-corrected chi connectivity index (χ0v) is 16.9. The first-order valence-corrected chi connectivity index (χ1v) is 11.7. The van der Waals surface area contributed by atoms with Gasteiger partial charge in [0.05, 0.1) is 24.1 Å². The topological polar surface area (TPSA) is 66.5 Å². The minimum atomic E-state index is -3.55. The van der Waals surface area contributed by atoms with Gasteiger partial charge >= 0.3 is 0 Å². The Morgan fingerprint density at radius 3 is 2.39 bits per heavy atom. The summed E-state index contributed by atoms with van der Waals surface area (Å²) in [7, 11) is -3.55. The van der Waals surface area contributed by atoms with Crippen LogP contribution in [0.2, 0.25) is 0 Å². The lowest BCUT2D eigenvalue weighted by atomic mass is 9.95. The molecule has 0 spiro atoms. The molecule has 2 saturated carbocycles.